The SMILES string of the molecule is CCOc1cc(NC(=O)CSCC(=O)O)ccc1OC. The first kappa shape index (κ1) is 16.2. The number of rotatable bonds is 8. The first-order valence-electron chi connectivity index (χ1n) is 5.97. The molecule has 1 amide bonds. The van der Waals surface area contributed by atoms with Gasteiger partial charge in [-0.25, -0.2) is 0 Å². The third-order valence-electron chi connectivity index (χ3n) is 2.21. The first-order chi connectivity index (χ1) is 9.56. The number of carbonyl (C=O) groups excluding carboxylic acids is 1. The lowest BCUT2D eigenvalue weighted by Gasteiger charge is -2.11. The second-order valence-electron chi connectivity index (χ2n) is 3.73. The zero-order valence-electron chi connectivity index (χ0n) is 11.3. The number of nitrogens with one attached hydrogen (secondary N) is 1. The largest absolute Gasteiger partial charge is 0.493 e. The molecule has 20 heavy (non-hydrogen) atoms. The molecule has 0 fully saturated rings. The Morgan fingerprint density at radius 2 is 2.05 bits per heavy atom. The summed E-state index contributed by atoms with van der Waals surface area (Å²) in [5.41, 5.74) is 0.579. The second kappa shape index (κ2) is 8.31. The van der Waals surface area contributed by atoms with Crippen LogP contribution in [0.25, 0.3) is 0 Å². The number of aliphatic carboxylic acids is 1. The summed E-state index contributed by atoms with van der Waals surface area (Å²) in [6, 6.07) is 5.06. The number of thioether (sulfide) groups is 1. The molecule has 110 valence electrons. The van der Waals surface area contributed by atoms with Crippen LogP contribution in [0.2, 0.25) is 0 Å². The van der Waals surface area contributed by atoms with Gasteiger partial charge in [0.25, 0.3) is 0 Å². The molecule has 1 aromatic rings. The van der Waals surface area contributed by atoms with Crippen LogP contribution in [0.3, 0.4) is 0 Å². The topological polar surface area (TPSA) is 84.9 Å². The Morgan fingerprint density at radius 1 is 1.30 bits per heavy atom. The first-order valence-corrected chi connectivity index (χ1v) is 7.12. The van der Waals surface area contributed by atoms with E-state index in [1.54, 1.807) is 25.3 Å². The predicted molar refractivity (Wildman–Crippen MR) is 77.8 cm³/mol. The molecule has 1 aromatic carbocycles. The van der Waals surface area contributed by atoms with Crippen molar-refractivity contribution in [2.45, 2.75) is 6.92 Å². The molecule has 0 bridgehead atoms. The van der Waals surface area contributed by atoms with E-state index in [0.29, 0.717) is 23.8 Å². The van der Waals surface area contributed by atoms with Crippen LogP contribution in [0.5, 0.6) is 11.5 Å². The van der Waals surface area contributed by atoms with Gasteiger partial charge in [0.15, 0.2) is 11.5 Å². The van der Waals surface area contributed by atoms with Crippen LogP contribution < -0.4 is 14.8 Å². The minimum absolute atomic E-state index is 0.0856. The fraction of sp³-hybridized carbons (Fsp3) is 0.385. The number of carboxylic acid groups (broad SMARTS) is 1. The van der Waals surface area contributed by atoms with Gasteiger partial charge in [0.05, 0.1) is 25.2 Å². The molecule has 0 saturated heterocycles. The van der Waals surface area contributed by atoms with Gasteiger partial charge in [0.2, 0.25) is 5.91 Å². The lowest BCUT2D eigenvalue weighted by molar-refractivity contribution is -0.133. The quantitative estimate of drug-likeness (QED) is 0.762. The number of anilines is 1. The van der Waals surface area contributed by atoms with Crippen molar-refractivity contribution in [1.29, 1.82) is 0 Å². The van der Waals surface area contributed by atoms with Crippen LogP contribution >= 0.6 is 11.8 Å². The van der Waals surface area contributed by atoms with Crippen LogP contribution in [0.15, 0.2) is 18.2 Å². The zero-order valence-corrected chi connectivity index (χ0v) is 12.2. The van der Waals surface area contributed by atoms with Gasteiger partial charge in [0, 0.05) is 11.8 Å². The zero-order chi connectivity index (χ0) is 15.0. The Morgan fingerprint density at radius 3 is 2.65 bits per heavy atom. The number of hydrogen-bond donors (Lipinski definition) is 2. The molecule has 0 radical (unpaired) electrons. The average Bonchev–Trinajstić information content (AvgIpc) is 2.39. The summed E-state index contributed by atoms with van der Waals surface area (Å²) in [6.07, 6.45) is 0. The molecule has 0 aliphatic carbocycles. The Labute approximate surface area is 121 Å². The number of carbonyl (C=O) groups is 2. The molecule has 0 aliphatic rings. The summed E-state index contributed by atoms with van der Waals surface area (Å²) in [6.45, 7) is 2.34. The Bertz CT molecular complexity index is 478. The lowest BCUT2D eigenvalue weighted by atomic mass is 10.2. The van der Waals surface area contributed by atoms with Crippen molar-refractivity contribution < 1.29 is 24.2 Å². The van der Waals surface area contributed by atoms with Gasteiger partial charge in [-0.15, -0.1) is 11.8 Å². The van der Waals surface area contributed by atoms with E-state index < -0.39 is 5.97 Å². The highest BCUT2D eigenvalue weighted by molar-refractivity contribution is 8.00. The third kappa shape index (κ3) is 5.40. The maximum Gasteiger partial charge on any atom is 0.313 e. The molecular formula is C13H17NO5S. The fourth-order valence-corrected chi connectivity index (χ4v) is 1.99. The number of amides is 1. The number of hydrogen-bond acceptors (Lipinski definition) is 5. The van der Waals surface area contributed by atoms with E-state index in [0.717, 1.165) is 11.8 Å². The standard InChI is InChI=1S/C13H17NO5S/c1-3-19-11-6-9(4-5-10(11)18-2)14-12(15)7-20-8-13(16)17/h4-6H,3,7-8H2,1-2H3,(H,14,15)(H,16,17). The van der Waals surface area contributed by atoms with Crippen LogP contribution in [0, 0.1) is 0 Å². The molecule has 7 heteroatoms. The normalized spacial score (nSPS) is 9.90. The molecular weight excluding hydrogens is 282 g/mol. The van der Waals surface area contributed by atoms with Crippen LogP contribution in [0.4, 0.5) is 5.69 Å². The van der Waals surface area contributed by atoms with Crippen LogP contribution in [0.1, 0.15) is 6.92 Å². The van der Waals surface area contributed by atoms with E-state index in [-0.39, 0.29) is 17.4 Å². The van der Waals surface area contributed by atoms with Gasteiger partial charge < -0.3 is 19.9 Å². The summed E-state index contributed by atoms with van der Waals surface area (Å²) >= 11 is 1.04. The van der Waals surface area contributed by atoms with Gasteiger partial charge in [0.1, 0.15) is 0 Å². The number of carboxylic acids is 1. The van der Waals surface area contributed by atoms with Crippen molar-refractivity contribution in [2.24, 2.45) is 0 Å². The summed E-state index contributed by atoms with van der Waals surface area (Å²) in [5.74, 6) is -0.0754. The maximum absolute atomic E-state index is 11.6. The van der Waals surface area contributed by atoms with Gasteiger partial charge in [-0.3, -0.25) is 9.59 Å². The van der Waals surface area contributed by atoms with Crippen molar-refractivity contribution >= 4 is 29.3 Å². The van der Waals surface area contributed by atoms with Gasteiger partial charge in [-0.05, 0) is 19.1 Å². The van der Waals surface area contributed by atoms with E-state index in [9.17, 15) is 9.59 Å². The number of methoxy groups -OCH3 is 1. The van der Waals surface area contributed by atoms with E-state index in [1.807, 2.05) is 6.92 Å². The number of benzene rings is 1. The van der Waals surface area contributed by atoms with E-state index in [2.05, 4.69) is 5.32 Å². The fourth-order valence-electron chi connectivity index (χ4n) is 1.45. The van der Waals surface area contributed by atoms with E-state index in [4.69, 9.17) is 14.6 Å². The van der Waals surface area contributed by atoms with Crippen LogP contribution in [-0.2, 0) is 9.59 Å². The van der Waals surface area contributed by atoms with E-state index >= 15 is 0 Å². The predicted octanol–water partition coefficient (Wildman–Crippen LogP) is 1.85. The molecule has 0 atom stereocenters. The maximum atomic E-state index is 11.6. The van der Waals surface area contributed by atoms with Crippen molar-refractivity contribution in [2.75, 3.05) is 30.5 Å². The van der Waals surface area contributed by atoms with Crippen molar-refractivity contribution in [1.82, 2.24) is 0 Å². The highest BCUT2D eigenvalue weighted by Gasteiger charge is 2.08. The molecule has 2 N–H and O–H groups in total. The second-order valence-corrected chi connectivity index (χ2v) is 4.72. The smallest absolute Gasteiger partial charge is 0.313 e. The third-order valence-corrected chi connectivity index (χ3v) is 3.12. The van der Waals surface area contributed by atoms with Gasteiger partial charge in [-0.1, -0.05) is 0 Å². The molecule has 0 heterocycles. The van der Waals surface area contributed by atoms with Gasteiger partial charge in [-0.2, -0.15) is 0 Å². The summed E-state index contributed by atoms with van der Waals surface area (Å²) < 4.78 is 10.5. The highest BCUT2D eigenvalue weighted by Crippen LogP contribution is 2.30. The molecule has 0 aromatic heterocycles. The molecule has 0 spiro atoms. The Kier molecular flexibility index (Phi) is 6.72. The van der Waals surface area contributed by atoms with E-state index in [1.165, 1.54) is 0 Å². The monoisotopic (exact) mass is 299 g/mol. The molecule has 6 nitrogen and oxygen atoms in total. The Balaban J connectivity index is 2.60. The molecule has 0 saturated carbocycles. The molecule has 1 rings (SSSR count). The van der Waals surface area contributed by atoms with Crippen molar-refractivity contribution in [3.63, 3.8) is 0 Å². The summed E-state index contributed by atoms with van der Waals surface area (Å²) in [5, 5.41) is 11.2. The minimum Gasteiger partial charge on any atom is -0.493 e. The Hall–Kier alpha value is -1.89. The summed E-state index contributed by atoms with van der Waals surface area (Å²) in [4.78, 5) is 22.0. The molecule has 0 unspecified atom stereocenters. The van der Waals surface area contributed by atoms with Gasteiger partial charge >= 0.3 is 5.97 Å². The minimum atomic E-state index is -0.939. The highest BCUT2D eigenvalue weighted by atomic mass is 32.2. The average molecular weight is 299 g/mol. The van der Waals surface area contributed by atoms with Crippen molar-refractivity contribution in [3.8, 4) is 11.5 Å². The molecule has 0 aliphatic heterocycles. The van der Waals surface area contributed by atoms with Crippen molar-refractivity contribution in [3.05, 3.63) is 18.2 Å². The lowest BCUT2D eigenvalue weighted by Crippen LogP contribution is -2.15. The number of ether oxygens (including phenoxy) is 2. The summed E-state index contributed by atoms with van der Waals surface area (Å²) in [7, 11) is 1.54. The van der Waals surface area contributed by atoms with Crippen LogP contribution in [-0.4, -0.2) is 42.2 Å².